The average molecular weight is 446 g/mol. The van der Waals surface area contributed by atoms with Gasteiger partial charge in [0.05, 0.1) is 21.6 Å². The molecule has 1 amide bonds. The third-order valence-electron chi connectivity index (χ3n) is 5.09. The molecule has 0 aliphatic rings. The molecule has 1 unspecified atom stereocenters. The summed E-state index contributed by atoms with van der Waals surface area (Å²) in [5.41, 5.74) is 0.0963. The van der Waals surface area contributed by atoms with E-state index in [9.17, 15) is 18.8 Å². The van der Waals surface area contributed by atoms with Crippen molar-refractivity contribution in [2.45, 2.75) is 40.2 Å². The van der Waals surface area contributed by atoms with Gasteiger partial charge in [0.25, 0.3) is 5.56 Å². The van der Waals surface area contributed by atoms with E-state index in [2.05, 4.69) is 5.32 Å². The van der Waals surface area contributed by atoms with Crippen LogP contribution in [0.4, 0.5) is 4.39 Å². The highest BCUT2D eigenvalue weighted by molar-refractivity contribution is 6.30. The lowest BCUT2D eigenvalue weighted by atomic mass is 10.1. The fourth-order valence-electron chi connectivity index (χ4n) is 3.51. The zero-order valence-corrected chi connectivity index (χ0v) is 18.7. The van der Waals surface area contributed by atoms with Crippen molar-refractivity contribution in [1.29, 1.82) is 0 Å². The van der Waals surface area contributed by atoms with Gasteiger partial charge in [-0.05, 0) is 49.6 Å². The number of nitrogens with zero attached hydrogens (tertiary/aromatic N) is 2. The second-order valence-corrected chi connectivity index (χ2v) is 8.38. The number of fused-ring (bicyclic) bond motifs is 1. The van der Waals surface area contributed by atoms with Crippen molar-refractivity contribution < 1.29 is 9.18 Å². The number of amides is 1. The predicted molar refractivity (Wildman–Crippen MR) is 121 cm³/mol. The molecule has 31 heavy (non-hydrogen) atoms. The van der Waals surface area contributed by atoms with Crippen LogP contribution in [0.2, 0.25) is 5.02 Å². The van der Waals surface area contributed by atoms with Crippen molar-refractivity contribution >= 4 is 28.4 Å². The zero-order chi connectivity index (χ0) is 22.9. The quantitative estimate of drug-likeness (QED) is 0.623. The van der Waals surface area contributed by atoms with E-state index in [1.807, 2.05) is 20.8 Å². The van der Waals surface area contributed by atoms with Crippen molar-refractivity contribution in [3.05, 3.63) is 73.6 Å². The minimum Gasteiger partial charge on any atom is -0.354 e. The van der Waals surface area contributed by atoms with Crippen LogP contribution in [-0.4, -0.2) is 21.6 Å². The maximum Gasteiger partial charge on any atom is 0.336 e. The summed E-state index contributed by atoms with van der Waals surface area (Å²) in [7, 11) is 0. The van der Waals surface area contributed by atoms with Gasteiger partial charge in [0.2, 0.25) is 5.91 Å². The molecule has 0 aliphatic heterocycles. The van der Waals surface area contributed by atoms with Gasteiger partial charge in [0.15, 0.2) is 0 Å². The van der Waals surface area contributed by atoms with E-state index in [0.29, 0.717) is 18.5 Å². The SMILES string of the molecule is CCC(C(=O)NCC(C)C)n1c(=O)n(-c2ccc(F)c(Cl)c2)c(=O)c2cc(C)ccc21. The van der Waals surface area contributed by atoms with Crippen LogP contribution < -0.4 is 16.6 Å². The summed E-state index contributed by atoms with van der Waals surface area (Å²) in [6.45, 7) is 8.05. The van der Waals surface area contributed by atoms with E-state index < -0.39 is 23.1 Å². The molecule has 6 nitrogen and oxygen atoms in total. The lowest BCUT2D eigenvalue weighted by Gasteiger charge is -2.22. The Morgan fingerprint density at radius 1 is 1.16 bits per heavy atom. The highest BCUT2D eigenvalue weighted by Crippen LogP contribution is 2.21. The van der Waals surface area contributed by atoms with Gasteiger partial charge in [-0.1, -0.05) is 44.0 Å². The number of aromatic nitrogens is 2. The third-order valence-corrected chi connectivity index (χ3v) is 5.38. The number of aryl methyl sites for hydroxylation is 1. The molecule has 1 atom stereocenters. The molecular weight excluding hydrogens is 421 g/mol. The lowest BCUT2D eigenvalue weighted by Crippen LogP contribution is -2.44. The molecule has 8 heteroatoms. The standard InChI is InChI=1S/C23H25ClFN3O3/c1-5-19(21(29)26-12-13(2)3)28-20-9-6-14(4)10-16(20)22(30)27(23(28)31)15-7-8-18(25)17(24)11-15/h6-11,13,19H,5,12H2,1-4H3,(H,26,29). The number of benzene rings is 2. The summed E-state index contributed by atoms with van der Waals surface area (Å²) < 4.78 is 16.0. The summed E-state index contributed by atoms with van der Waals surface area (Å²) in [6, 6.07) is 7.96. The van der Waals surface area contributed by atoms with E-state index >= 15 is 0 Å². The molecule has 3 aromatic rings. The molecule has 1 N–H and O–H groups in total. The summed E-state index contributed by atoms with van der Waals surface area (Å²) in [4.78, 5) is 39.7. The number of hydrogen-bond acceptors (Lipinski definition) is 3. The number of carbonyl (C=O) groups is 1. The fraction of sp³-hybridized carbons (Fsp3) is 0.348. The Morgan fingerprint density at radius 3 is 2.48 bits per heavy atom. The molecule has 1 heterocycles. The van der Waals surface area contributed by atoms with Gasteiger partial charge in [-0.2, -0.15) is 0 Å². The van der Waals surface area contributed by atoms with Crippen LogP contribution in [0.25, 0.3) is 16.6 Å². The first kappa shape index (κ1) is 22.7. The molecule has 3 rings (SSSR count). The van der Waals surface area contributed by atoms with E-state index in [1.165, 1.54) is 16.7 Å². The van der Waals surface area contributed by atoms with Crippen molar-refractivity contribution in [1.82, 2.24) is 14.5 Å². The van der Waals surface area contributed by atoms with Crippen LogP contribution in [0.1, 0.15) is 38.8 Å². The molecule has 0 radical (unpaired) electrons. The number of rotatable bonds is 6. The summed E-state index contributed by atoms with van der Waals surface area (Å²) in [6.07, 6.45) is 0.342. The number of nitrogens with one attached hydrogen (secondary N) is 1. The molecule has 164 valence electrons. The molecule has 2 aromatic carbocycles. The summed E-state index contributed by atoms with van der Waals surface area (Å²) >= 11 is 5.90. The van der Waals surface area contributed by atoms with Crippen molar-refractivity contribution in [3.63, 3.8) is 0 Å². The molecule has 0 fully saturated rings. The maximum atomic E-state index is 13.7. The van der Waals surface area contributed by atoms with Crippen LogP contribution >= 0.6 is 11.6 Å². The Kier molecular flexibility index (Phi) is 6.65. The Morgan fingerprint density at radius 2 is 1.87 bits per heavy atom. The monoisotopic (exact) mass is 445 g/mol. The van der Waals surface area contributed by atoms with Crippen LogP contribution in [-0.2, 0) is 4.79 Å². The van der Waals surface area contributed by atoms with Crippen LogP contribution in [0.15, 0.2) is 46.0 Å². The first-order valence-corrected chi connectivity index (χ1v) is 10.5. The van der Waals surface area contributed by atoms with Gasteiger partial charge in [0.1, 0.15) is 11.9 Å². The van der Waals surface area contributed by atoms with E-state index in [0.717, 1.165) is 16.2 Å². The highest BCUT2D eigenvalue weighted by Gasteiger charge is 2.25. The van der Waals surface area contributed by atoms with Gasteiger partial charge < -0.3 is 5.32 Å². The first-order chi connectivity index (χ1) is 14.6. The maximum absolute atomic E-state index is 13.7. The van der Waals surface area contributed by atoms with E-state index in [4.69, 9.17) is 11.6 Å². The molecule has 1 aromatic heterocycles. The van der Waals surface area contributed by atoms with Gasteiger partial charge in [0, 0.05) is 6.54 Å². The Hall–Kier alpha value is -2.93. The Balaban J connectivity index is 2.34. The summed E-state index contributed by atoms with van der Waals surface area (Å²) in [5.74, 6) is -0.717. The molecular formula is C23H25ClFN3O3. The van der Waals surface area contributed by atoms with Crippen LogP contribution in [0.5, 0.6) is 0 Å². The van der Waals surface area contributed by atoms with Crippen molar-refractivity contribution in [3.8, 4) is 5.69 Å². The second kappa shape index (κ2) is 9.06. The lowest BCUT2D eigenvalue weighted by molar-refractivity contribution is -0.124. The third kappa shape index (κ3) is 4.42. The van der Waals surface area contributed by atoms with Gasteiger partial charge in [-0.25, -0.2) is 13.8 Å². The average Bonchev–Trinajstić information content (AvgIpc) is 2.72. The van der Waals surface area contributed by atoms with E-state index in [-0.39, 0.29) is 27.9 Å². The Bertz CT molecular complexity index is 1260. The molecule has 0 saturated carbocycles. The minimum atomic E-state index is -0.820. The summed E-state index contributed by atoms with van der Waals surface area (Å²) in [5, 5.41) is 2.95. The molecule has 0 saturated heterocycles. The molecule has 0 aliphatic carbocycles. The zero-order valence-electron chi connectivity index (χ0n) is 17.9. The highest BCUT2D eigenvalue weighted by atomic mass is 35.5. The molecule has 0 spiro atoms. The van der Waals surface area contributed by atoms with Gasteiger partial charge >= 0.3 is 5.69 Å². The Labute approximate surface area is 184 Å². The smallest absolute Gasteiger partial charge is 0.336 e. The van der Waals surface area contributed by atoms with Gasteiger partial charge in [-0.15, -0.1) is 0 Å². The normalized spacial score (nSPS) is 12.4. The van der Waals surface area contributed by atoms with Crippen LogP contribution in [0.3, 0.4) is 0 Å². The molecule has 0 bridgehead atoms. The number of halogens is 2. The fourth-order valence-corrected chi connectivity index (χ4v) is 3.68. The second-order valence-electron chi connectivity index (χ2n) is 7.98. The predicted octanol–water partition coefficient (Wildman–Crippen LogP) is 3.98. The van der Waals surface area contributed by atoms with Crippen molar-refractivity contribution in [2.75, 3.05) is 6.54 Å². The first-order valence-electron chi connectivity index (χ1n) is 10.2. The minimum absolute atomic E-state index is 0.135. The topological polar surface area (TPSA) is 73.1 Å². The number of hydrogen-bond donors (Lipinski definition) is 1. The largest absolute Gasteiger partial charge is 0.354 e. The van der Waals surface area contributed by atoms with Crippen LogP contribution in [0, 0.1) is 18.7 Å². The van der Waals surface area contributed by atoms with Gasteiger partial charge in [-0.3, -0.25) is 14.2 Å². The van der Waals surface area contributed by atoms with E-state index in [1.54, 1.807) is 25.1 Å². The number of carbonyl (C=O) groups excluding carboxylic acids is 1. The van der Waals surface area contributed by atoms with Crippen molar-refractivity contribution in [2.24, 2.45) is 5.92 Å².